The van der Waals surface area contributed by atoms with Gasteiger partial charge >= 0.3 is 0 Å². The summed E-state index contributed by atoms with van der Waals surface area (Å²) in [5.41, 5.74) is 1.05. The smallest absolute Gasteiger partial charge is 0.115 e. The van der Waals surface area contributed by atoms with Crippen molar-refractivity contribution in [3.8, 4) is 5.75 Å². The SMILES string of the molecule is CCCCC[C@](O)(c1ccc(O)cc1)[C@@H](CN1CCOCC1)c1ccccc1. The van der Waals surface area contributed by atoms with Gasteiger partial charge in [0.15, 0.2) is 0 Å². The number of hydrogen-bond donors (Lipinski definition) is 2. The number of unbranched alkanes of at least 4 members (excludes halogenated alkanes) is 2. The number of ether oxygens (including phenoxy) is 1. The molecule has 1 heterocycles. The summed E-state index contributed by atoms with van der Waals surface area (Å²) in [6.45, 7) is 6.25. The Balaban J connectivity index is 1.97. The molecule has 4 nitrogen and oxygen atoms in total. The van der Waals surface area contributed by atoms with Crippen LogP contribution >= 0.6 is 0 Å². The molecule has 4 heteroatoms. The normalized spacial score (nSPS) is 18.5. The van der Waals surface area contributed by atoms with Crippen LogP contribution in [0.5, 0.6) is 5.75 Å². The van der Waals surface area contributed by atoms with Crippen molar-refractivity contribution >= 4 is 0 Å². The zero-order chi connectivity index (χ0) is 19.8. The molecular weight excluding hydrogens is 350 g/mol. The summed E-state index contributed by atoms with van der Waals surface area (Å²) in [6.07, 6.45) is 3.89. The van der Waals surface area contributed by atoms with Gasteiger partial charge in [-0.2, -0.15) is 0 Å². The van der Waals surface area contributed by atoms with Gasteiger partial charge in [-0.1, -0.05) is 68.7 Å². The van der Waals surface area contributed by atoms with Crippen molar-refractivity contribution < 1.29 is 14.9 Å². The molecule has 0 saturated carbocycles. The Kier molecular flexibility index (Phi) is 7.49. The maximum atomic E-state index is 12.1. The molecule has 0 bridgehead atoms. The minimum absolute atomic E-state index is 0.0480. The second kappa shape index (κ2) is 10.1. The summed E-state index contributed by atoms with van der Waals surface area (Å²) in [4.78, 5) is 2.40. The highest BCUT2D eigenvalue weighted by molar-refractivity contribution is 5.35. The first kappa shape index (κ1) is 20.8. The van der Waals surface area contributed by atoms with Crippen molar-refractivity contribution in [2.75, 3.05) is 32.8 Å². The predicted molar refractivity (Wildman–Crippen MR) is 113 cm³/mol. The fourth-order valence-corrected chi connectivity index (χ4v) is 4.17. The van der Waals surface area contributed by atoms with Gasteiger partial charge in [0.25, 0.3) is 0 Å². The zero-order valence-electron chi connectivity index (χ0n) is 16.9. The first-order valence-electron chi connectivity index (χ1n) is 10.5. The first-order chi connectivity index (χ1) is 13.6. The van der Waals surface area contributed by atoms with E-state index in [1.807, 2.05) is 30.3 Å². The highest BCUT2D eigenvalue weighted by Crippen LogP contribution is 2.42. The molecule has 2 atom stereocenters. The van der Waals surface area contributed by atoms with E-state index in [1.165, 1.54) is 0 Å². The van der Waals surface area contributed by atoms with Gasteiger partial charge in [0, 0.05) is 25.6 Å². The summed E-state index contributed by atoms with van der Waals surface area (Å²) in [5, 5.41) is 21.9. The van der Waals surface area contributed by atoms with Crippen molar-refractivity contribution in [1.29, 1.82) is 0 Å². The number of aliphatic hydroxyl groups is 1. The second-order valence-corrected chi connectivity index (χ2v) is 7.80. The fraction of sp³-hybridized carbons (Fsp3) is 0.500. The number of aromatic hydroxyl groups is 1. The van der Waals surface area contributed by atoms with Crippen LogP contribution in [-0.4, -0.2) is 48.0 Å². The van der Waals surface area contributed by atoms with Gasteiger partial charge in [-0.3, -0.25) is 4.90 Å². The molecule has 0 aromatic heterocycles. The van der Waals surface area contributed by atoms with Crippen molar-refractivity contribution in [3.63, 3.8) is 0 Å². The standard InChI is InChI=1S/C24H33NO3/c1-2-3-7-14-24(27,21-10-12-22(26)13-11-21)23(20-8-5-4-6-9-20)19-25-15-17-28-18-16-25/h4-6,8-13,23,26-27H,2-3,7,14-19H2,1H3/t23-,24-/m0/s1. The largest absolute Gasteiger partial charge is 0.508 e. The summed E-state index contributed by atoms with van der Waals surface area (Å²) in [7, 11) is 0. The maximum Gasteiger partial charge on any atom is 0.115 e. The number of phenolic OH excluding ortho intramolecular Hbond substituents is 1. The third-order valence-corrected chi connectivity index (χ3v) is 5.85. The lowest BCUT2D eigenvalue weighted by Crippen LogP contribution is -2.45. The molecular formula is C24H33NO3. The van der Waals surface area contributed by atoms with E-state index >= 15 is 0 Å². The van der Waals surface area contributed by atoms with E-state index in [9.17, 15) is 10.2 Å². The van der Waals surface area contributed by atoms with Gasteiger partial charge in [-0.15, -0.1) is 0 Å². The van der Waals surface area contributed by atoms with Crippen LogP contribution in [0.3, 0.4) is 0 Å². The van der Waals surface area contributed by atoms with Crippen LogP contribution in [0.2, 0.25) is 0 Å². The number of rotatable bonds is 9. The Hall–Kier alpha value is -1.88. The van der Waals surface area contributed by atoms with Gasteiger partial charge in [-0.25, -0.2) is 0 Å². The molecule has 152 valence electrons. The molecule has 0 radical (unpaired) electrons. The van der Waals surface area contributed by atoms with E-state index in [4.69, 9.17) is 4.74 Å². The van der Waals surface area contributed by atoms with Gasteiger partial charge < -0.3 is 14.9 Å². The van der Waals surface area contributed by atoms with E-state index < -0.39 is 5.60 Å². The lowest BCUT2D eigenvalue weighted by Gasteiger charge is -2.41. The molecule has 0 amide bonds. The Morgan fingerprint density at radius 1 is 1.00 bits per heavy atom. The van der Waals surface area contributed by atoms with E-state index in [-0.39, 0.29) is 11.7 Å². The molecule has 0 unspecified atom stereocenters. The molecule has 28 heavy (non-hydrogen) atoms. The quantitative estimate of drug-likeness (QED) is 0.635. The Labute approximate surface area is 168 Å². The van der Waals surface area contributed by atoms with E-state index in [2.05, 4.69) is 24.0 Å². The van der Waals surface area contributed by atoms with Crippen LogP contribution in [-0.2, 0) is 10.3 Å². The van der Waals surface area contributed by atoms with Crippen LogP contribution in [0.15, 0.2) is 54.6 Å². The fourth-order valence-electron chi connectivity index (χ4n) is 4.17. The Morgan fingerprint density at radius 3 is 2.32 bits per heavy atom. The monoisotopic (exact) mass is 383 g/mol. The molecule has 1 aliphatic rings. The minimum Gasteiger partial charge on any atom is -0.508 e. The molecule has 1 fully saturated rings. The van der Waals surface area contributed by atoms with Crippen LogP contribution in [0.4, 0.5) is 0 Å². The lowest BCUT2D eigenvalue weighted by molar-refractivity contribution is -0.0295. The third-order valence-electron chi connectivity index (χ3n) is 5.85. The first-order valence-corrected chi connectivity index (χ1v) is 10.5. The molecule has 1 saturated heterocycles. The highest BCUT2D eigenvalue weighted by atomic mass is 16.5. The Bertz CT molecular complexity index is 698. The summed E-state index contributed by atoms with van der Waals surface area (Å²) >= 11 is 0. The molecule has 0 aliphatic carbocycles. The number of morpholine rings is 1. The molecule has 2 N–H and O–H groups in total. The van der Waals surface area contributed by atoms with Crippen LogP contribution in [0, 0.1) is 0 Å². The second-order valence-electron chi connectivity index (χ2n) is 7.80. The van der Waals surface area contributed by atoms with E-state index in [0.717, 1.165) is 63.2 Å². The highest BCUT2D eigenvalue weighted by Gasteiger charge is 2.40. The molecule has 2 aromatic carbocycles. The number of benzene rings is 2. The number of nitrogens with zero attached hydrogens (tertiary/aromatic N) is 1. The van der Waals surface area contributed by atoms with Crippen molar-refractivity contribution in [3.05, 3.63) is 65.7 Å². The van der Waals surface area contributed by atoms with Crippen molar-refractivity contribution in [2.24, 2.45) is 0 Å². The molecule has 2 aromatic rings. The number of phenols is 1. The third kappa shape index (κ3) is 5.13. The number of hydrogen-bond acceptors (Lipinski definition) is 4. The van der Waals surface area contributed by atoms with Gasteiger partial charge in [0.05, 0.1) is 18.8 Å². The average Bonchev–Trinajstić information content (AvgIpc) is 2.74. The maximum absolute atomic E-state index is 12.1. The van der Waals surface area contributed by atoms with E-state index in [1.54, 1.807) is 12.1 Å². The molecule has 3 rings (SSSR count). The predicted octanol–water partition coefficient (Wildman–Crippen LogP) is 4.28. The van der Waals surface area contributed by atoms with Crippen LogP contribution in [0.25, 0.3) is 0 Å². The summed E-state index contributed by atoms with van der Waals surface area (Å²) < 4.78 is 5.52. The van der Waals surface area contributed by atoms with Crippen LogP contribution < -0.4 is 0 Å². The van der Waals surface area contributed by atoms with Gasteiger partial charge in [-0.05, 0) is 29.7 Å². The Morgan fingerprint density at radius 2 is 1.68 bits per heavy atom. The summed E-state index contributed by atoms with van der Waals surface area (Å²) in [6, 6.07) is 17.5. The average molecular weight is 384 g/mol. The van der Waals surface area contributed by atoms with E-state index in [0.29, 0.717) is 6.42 Å². The molecule has 1 aliphatic heterocycles. The topological polar surface area (TPSA) is 52.9 Å². The summed E-state index contributed by atoms with van der Waals surface area (Å²) in [5.74, 6) is 0.178. The van der Waals surface area contributed by atoms with Crippen LogP contribution in [0.1, 0.15) is 49.7 Å². The lowest BCUT2D eigenvalue weighted by atomic mass is 9.74. The van der Waals surface area contributed by atoms with Crippen molar-refractivity contribution in [2.45, 2.75) is 44.1 Å². The molecule has 0 spiro atoms. The van der Waals surface area contributed by atoms with Gasteiger partial charge in [0.2, 0.25) is 0 Å². The zero-order valence-corrected chi connectivity index (χ0v) is 16.9. The minimum atomic E-state index is -0.984. The van der Waals surface area contributed by atoms with Crippen molar-refractivity contribution in [1.82, 2.24) is 4.90 Å². The van der Waals surface area contributed by atoms with Gasteiger partial charge in [0.1, 0.15) is 5.75 Å².